The first-order valence-electron chi connectivity index (χ1n) is 14.9. The first kappa shape index (κ1) is 27.6. The van der Waals surface area contributed by atoms with Gasteiger partial charge >= 0.3 is 5.97 Å². The minimum absolute atomic E-state index is 0.0131. The van der Waals surface area contributed by atoms with Crippen LogP contribution in [0.15, 0.2) is 12.2 Å². The minimum Gasteiger partial charge on any atom is -0.469 e. The molecule has 0 aromatic carbocycles. The Labute approximate surface area is 224 Å². The topological polar surface area (TPSA) is 76.0 Å². The van der Waals surface area contributed by atoms with E-state index in [0.29, 0.717) is 17.8 Å². The van der Waals surface area contributed by atoms with Crippen LogP contribution in [0.4, 0.5) is 0 Å². The molecule has 11 atom stereocenters. The molecular formula is C32H52O5. The van der Waals surface area contributed by atoms with Gasteiger partial charge in [0.25, 0.3) is 0 Å². The first-order chi connectivity index (χ1) is 17.2. The molecule has 5 aliphatic rings. The van der Waals surface area contributed by atoms with Crippen molar-refractivity contribution < 1.29 is 24.5 Å². The quantitative estimate of drug-likeness (QED) is 0.339. The molecular weight excluding hydrogens is 464 g/mol. The fraction of sp³-hybridized carbons (Fsp3) is 0.906. The van der Waals surface area contributed by atoms with Crippen LogP contribution in [0.25, 0.3) is 0 Å². The predicted molar refractivity (Wildman–Crippen MR) is 145 cm³/mol. The van der Waals surface area contributed by atoms with Gasteiger partial charge in [-0.1, -0.05) is 32.9 Å². The van der Waals surface area contributed by atoms with Gasteiger partial charge < -0.3 is 19.7 Å². The molecule has 2 N–H and O–H groups in total. The third kappa shape index (κ3) is 3.35. The summed E-state index contributed by atoms with van der Waals surface area (Å²) in [6.07, 6.45) is 12.4. The normalized spacial score (nSPS) is 51.6. The maximum atomic E-state index is 13.1. The van der Waals surface area contributed by atoms with E-state index < -0.39 is 17.6 Å². The monoisotopic (exact) mass is 516 g/mol. The molecule has 2 spiro atoms. The Morgan fingerprint density at radius 3 is 2.32 bits per heavy atom. The molecule has 0 saturated heterocycles. The average molecular weight is 517 g/mol. The van der Waals surface area contributed by atoms with Crippen LogP contribution >= 0.6 is 0 Å². The number of allylic oxidation sites excluding steroid dienone is 1. The molecule has 5 saturated carbocycles. The zero-order valence-electron chi connectivity index (χ0n) is 24.6. The van der Waals surface area contributed by atoms with Crippen molar-refractivity contribution in [2.45, 2.75) is 117 Å². The third-order valence-electron chi connectivity index (χ3n) is 13.7. The number of hydrogen-bond acceptors (Lipinski definition) is 5. The van der Waals surface area contributed by atoms with Crippen molar-refractivity contribution in [2.24, 2.45) is 50.7 Å². The van der Waals surface area contributed by atoms with Crippen LogP contribution in [-0.2, 0) is 14.3 Å². The molecule has 0 aromatic heterocycles. The lowest BCUT2D eigenvalue weighted by Crippen LogP contribution is -2.63. The summed E-state index contributed by atoms with van der Waals surface area (Å²) in [6, 6.07) is 0. The summed E-state index contributed by atoms with van der Waals surface area (Å²) >= 11 is 0. The number of aliphatic hydroxyl groups excluding tert-OH is 2. The molecule has 0 heterocycles. The van der Waals surface area contributed by atoms with E-state index in [0.717, 1.165) is 32.1 Å². The first-order valence-corrected chi connectivity index (χ1v) is 14.9. The van der Waals surface area contributed by atoms with Gasteiger partial charge in [-0.3, -0.25) is 4.79 Å². The number of esters is 1. The highest BCUT2D eigenvalue weighted by atomic mass is 16.5. The van der Waals surface area contributed by atoms with Gasteiger partial charge in [0, 0.05) is 18.9 Å². The molecule has 5 fully saturated rings. The lowest BCUT2D eigenvalue weighted by Gasteiger charge is -2.63. The summed E-state index contributed by atoms with van der Waals surface area (Å²) in [5.74, 6) is 1.56. The van der Waals surface area contributed by atoms with Crippen molar-refractivity contribution in [3.05, 3.63) is 12.2 Å². The molecule has 0 aliphatic heterocycles. The number of fused-ring (bicyclic) bond motifs is 2. The van der Waals surface area contributed by atoms with Crippen molar-refractivity contribution in [3.8, 4) is 0 Å². The number of carbonyl (C=O) groups is 1. The van der Waals surface area contributed by atoms with E-state index in [-0.39, 0.29) is 45.6 Å². The van der Waals surface area contributed by atoms with Crippen molar-refractivity contribution in [1.29, 1.82) is 0 Å². The largest absolute Gasteiger partial charge is 0.469 e. The third-order valence-corrected chi connectivity index (χ3v) is 13.7. The molecule has 0 amide bonds. The summed E-state index contributed by atoms with van der Waals surface area (Å²) in [5.41, 5.74) is -0.781. The van der Waals surface area contributed by atoms with E-state index in [4.69, 9.17) is 9.47 Å². The molecule has 210 valence electrons. The van der Waals surface area contributed by atoms with Crippen LogP contribution in [0, 0.1) is 50.7 Å². The Hall–Kier alpha value is -0.910. The lowest BCUT2D eigenvalue weighted by atomic mass is 9.41. The predicted octanol–water partition coefficient (Wildman–Crippen LogP) is 5.92. The van der Waals surface area contributed by atoms with Crippen LogP contribution < -0.4 is 0 Å². The lowest BCUT2D eigenvalue weighted by molar-refractivity contribution is -0.212. The second-order valence-electron chi connectivity index (χ2n) is 15.0. The maximum absolute atomic E-state index is 13.1. The summed E-state index contributed by atoms with van der Waals surface area (Å²) in [4.78, 5) is 13.1. The zero-order valence-corrected chi connectivity index (χ0v) is 24.6. The van der Waals surface area contributed by atoms with Crippen LogP contribution in [-0.4, -0.2) is 48.2 Å². The Morgan fingerprint density at radius 1 is 1.00 bits per heavy atom. The van der Waals surface area contributed by atoms with Gasteiger partial charge in [0.1, 0.15) is 0 Å². The van der Waals surface area contributed by atoms with Crippen LogP contribution in [0.2, 0.25) is 0 Å². The van der Waals surface area contributed by atoms with Crippen molar-refractivity contribution >= 4 is 5.97 Å². The van der Waals surface area contributed by atoms with E-state index in [1.165, 1.54) is 26.4 Å². The standard InChI is InChI=1S/C32H52O5/c1-20(10-9-14-27(2,3)37-8)21-13-15-29(5)22-11-12-23-30(6,26(35)36-7)24(33)18-25(34)32(23)19-31(22,32)17-16-28(21,29)4/h9,14,20-25,33-34H,10-13,15-19H2,1-8H3/b14-9+/t20-,21-,22+,23+,24+,25+,28-,29+,30+,31+,32-/m1/s1. The van der Waals surface area contributed by atoms with E-state index in [9.17, 15) is 15.0 Å². The number of aliphatic hydroxyl groups is 2. The van der Waals surface area contributed by atoms with Gasteiger partial charge in [0.15, 0.2) is 0 Å². The zero-order chi connectivity index (χ0) is 27.2. The maximum Gasteiger partial charge on any atom is 0.314 e. The number of ether oxygens (including phenoxy) is 2. The molecule has 37 heavy (non-hydrogen) atoms. The highest BCUT2D eigenvalue weighted by Gasteiger charge is 2.85. The van der Waals surface area contributed by atoms with E-state index in [1.807, 2.05) is 6.92 Å². The van der Waals surface area contributed by atoms with Gasteiger partial charge in [0.05, 0.1) is 30.3 Å². The Bertz CT molecular complexity index is 959. The molecule has 5 nitrogen and oxygen atoms in total. The molecule has 0 aromatic rings. The summed E-state index contributed by atoms with van der Waals surface area (Å²) in [5, 5.41) is 22.6. The number of carbonyl (C=O) groups excluding carboxylic acids is 1. The molecule has 5 heteroatoms. The molecule has 0 radical (unpaired) electrons. The highest BCUT2D eigenvalue weighted by Crippen LogP contribution is 2.89. The highest BCUT2D eigenvalue weighted by molar-refractivity contribution is 5.78. The SMILES string of the molecule is COC(=O)[C@]1(C)[C@@H](O)C[C@H](O)[C@]23C[C@]24CC[C@]2(C)[C@@H]([C@H](C)C/C=C/C(C)(C)OC)CC[C@@]2(C)[C@@H]4CC[C@@H]13. The Balaban J connectivity index is 1.43. The smallest absolute Gasteiger partial charge is 0.314 e. The van der Waals surface area contributed by atoms with Crippen molar-refractivity contribution in [3.63, 3.8) is 0 Å². The van der Waals surface area contributed by atoms with Gasteiger partial charge in [0.2, 0.25) is 0 Å². The molecule has 0 unspecified atom stereocenters. The fourth-order valence-electron chi connectivity index (χ4n) is 11.3. The summed E-state index contributed by atoms with van der Waals surface area (Å²) < 4.78 is 10.8. The van der Waals surface area contributed by atoms with Crippen LogP contribution in [0.3, 0.4) is 0 Å². The number of hydrogen-bond donors (Lipinski definition) is 2. The number of rotatable bonds is 6. The van der Waals surface area contributed by atoms with Gasteiger partial charge in [-0.15, -0.1) is 0 Å². The second-order valence-corrected chi connectivity index (χ2v) is 15.0. The van der Waals surface area contributed by atoms with Gasteiger partial charge in [-0.2, -0.15) is 0 Å². The van der Waals surface area contributed by atoms with E-state index in [2.05, 4.69) is 46.8 Å². The second kappa shape index (κ2) is 8.54. The molecule has 5 rings (SSSR count). The van der Waals surface area contributed by atoms with E-state index >= 15 is 0 Å². The van der Waals surface area contributed by atoms with Crippen molar-refractivity contribution in [1.82, 2.24) is 0 Å². The summed E-state index contributed by atoms with van der Waals surface area (Å²) in [6.45, 7) is 13.7. The van der Waals surface area contributed by atoms with Crippen molar-refractivity contribution in [2.75, 3.05) is 14.2 Å². The minimum atomic E-state index is -0.931. The van der Waals surface area contributed by atoms with Crippen LogP contribution in [0.1, 0.15) is 99.3 Å². The average Bonchev–Trinajstić information content (AvgIpc) is 3.47. The Kier molecular flexibility index (Phi) is 6.38. The van der Waals surface area contributed by atoms with Gasteiger partial charge in [-0.05, 0) is 112 Å². The van der Waals surface area contributed by atoms with Gasteiger partial charge in [-0.25, -0.2) is 0 Å². The Morgan fingerprint density at radius 2 is 1.68 bits per heavy atom. The van der Waals surface area contributed by atoms with E-state index in [1.54, 1.807) is 7.11 Å². The number of methoxy groups -OCH3 is 2. The molecule has 0 bridgehead atoms. The van der Waals surface area contributed by atoms with Crippen LogP contribution in [0.5, 0.6) is 0 Å². The summed E-state index contributed by atoms with van der Waals surface area (Å²) in [7, 11) is 3.21. The molecule has 5 aliphatic carbocycles. The fourth-order valence-corrected chi connectivity index (χ4v) is 11.3.